The summed E-state index contributed by atoms with van der Waals surface area (Å²) in [7, 11) is 3.23. The lowest BCUT2D eigenvalue weighted by molar-refractivity contribution is 0.104. The molecule has 0 saturated heterocycles. The van der Waals surface area contributed by atoms with E-state index < -0.39 is 0 Å². The van der Waals surface area contributed by atoms with E-state index in [9.17, 15) is 9.90 Å². The Morgan fingerprint density at radius 3 is 2.50 bits per heavy atom. The number of ether oxygens (including phenoxy) is 2. The fourth-order valence-corrected chi connectivity index (χ4v) is 2.06. The van der Waals surface area contributed by atoms with Crippen LogP contribution in [0.4, 0.5) is 0 Å². The SMILES string of the molecule is COCc1cc(/C=C/C(=O)c2ccc(O)cc2)ccc1OC. The number of phenolic OH excluding ortho intramolecular Hbond substituents is 1. The van der Waals surface area contributed by atoms with Gasteiger partial charge in [-0.2, -0.15) is 0 Å². The second kappa shape index (κ2) is 7.43. The van der Waals surface area contributed by atoms with Gasteiger partial charge in [-0.15, -0.1) is 0 Å². The van der Waals surface area contributed by atoms with Gasteiger partial charge >= 0.3 is 0 Å². The highest BCUT2D eigenvalue weighted by molar-refractivity contribution is 6.06. The molecule has 1 N–H and O–H groups in total. The molecule has 0 amide bonds. The minimum absolute atomic E-state index is 0.121. The van der Waals surface area contributed by atoms with Crippen molar-refractivity contribution in [3.05, 3.63) is 65.2 Å². The third-order valence-corrected chi connectivity index (χ3v) is 3.18. The molecule has 0 radical (unpaired) electrons. The molecular weight excluding hydrogens is 280 g/mol. The van der Waals surface area contributed by atoms with Crippen molar-refractivity contribution in [2.24, 2.45) is 0 Å². The van der Waals surface area contributed by atoms with Gasteiger partial charge in [0.25, 0.3) is 0 Å². The first-order valence-electron chi connectivity index (χ1n) is 6.81. The van der Waals surface area contributed by atoms with Crippen molar-refractivity contribution >= 4 is 11.9 Å². The maximum Gasteiger partial charge on any atom is 0.185 e. The summed E-state index contributed by atoms with van der Waals surface area (Å²) in [5, 5.41) is 9.22. The van der Waals surface area contributed by atoms with Gasteiger partial charge in [0.2, 0.25) is 0 Å². The molecule has 2 rings (SSSR count). The second-order valence-corrected chi connectivity index (χ2v) is 4.75. The van der Waals surface area contributed by atoms with Gasteiger partial charge in [0.1, 0.15) is 11.5 Å². The predicted octanol–water partition coefficient (Wildman–Crippen LogP) is 3.44. The standard InChI is InChI=1S/C18H18O4/c1-21-12-15-11-13(4-10-18(15)22-2)3-9-17(20)14-5-7-16(19)8-6-14/h3-11,19H,12H2,1-2H3/b9-3+. The van der Waals surface area contributed by atoms with E-state index in [1.165, 1.54) is 18.2 Å². The fourth-order valence-electron chi connectivity index (χ4n) is 2.06. The van der Waals surface area contributed by atoms with E-state index in [0.717, 1.165) is 16.9 Å². The third kappa shape index (κ3) is 3.96. The molecule has 0 heterocycles. The van der Waals surface area contributed by atoms with Gasteiger partial charge in [0.05, 0.1) is 13.7 Å². The summed E-state index contributed by atoms with van der Waals surface area (Å²) in [5.41, 5.74) is 2.34. The number of phenols is 1. The molecule has 0 saturated carbocycles. The first kappa shape index (κ1) is 15.8. The highest BCUT2D eigenvalue weighted by Gasteiger charge is 2.04. The molecule has 0 atom stereocenters. The topological polar surface area (TPSA) is 55.8 Å². The summed E-state index contributed by atoms with van der Waals surface area (Å²) in [4.78, 5) is 12.0. The van der Waals surface area contributed by atoms with Crippen LogP contribution in [0, 0.1) is 0 Å². The number of aromatic hydroxyl groups is 1. The van der Waals surface area contributed by atoms with Crippen molar-refractivity contribution in [2.45, 2.75) is 6.61 Å². The van der Waals surface area contributed by atoms with Crippen LogP contribution in [0.1, 0.15) is 21.5 Å². The van der Waals surface area contributed by atoms with Gasteiger partial charge in [-0.1, -0.05) is 12.1 Å². The predicted molar refractivity (Wildman–Crippen MR) is 85.2 cm³/mol. The smallest absolute Gasteiger partial charge is 0.185 e. The van der Waals surface area contributed by atoms with E-state index >= 15 is 0 Å². The van der Waals surface area contributed by atoms with Gasteiger partial charge in [0, 0.05) is 18.2 Å². The Morgan fingerprint density at radius 2 is 1.86 bits per heavy atom. The van der Waals surface area contributed by atoms with Crippen molar-refractivity contribution in [1.82, 2.24) is 0 Å². The summed E-state index contributed by atoms with van der Waals surface area (Å²) in [6.45, 7) is 0.441. The summed E-state index contributed by atoms with van der Waals surface area (Å²) >= 11 is 0. The lowest BCUT2D eigenvalue weighted by atomic mass is 10.1. The maximum absolute atomic E-state index is 12.0. The molecule has 2 aromatic carbocycles. The van der Waals surface area contributed by atoms with Gasteiger partial charge in [-0.25, -0.2) is 0 Å². The van der Waals surface area contributed by atoms with Crippen LogP contribution < -0.4 is 4.74 Å². The molecule has 0 unspecified atom stereocenters. The van der Waals surface area contributed by atoms with Crippen molar-refractivity contribution in [2.75, 3.05) is 14.2 Å². The Balaban J connectivity index is 2.17. The summed E-state index contributed by atoms with van der Waals surface area (Å²) in [6.07, 6.45) is 3.25. The molecule has 0 spiro atoms. The van der Waals surface area contributed by atoms with E-state index in [1.807, 2.05) is 18.2 Å². The number of rotatable bonds is 6. The van der Waals surface area contributed by atoms with E-state index in [0.29, 0.717) is 12.2 Å². The molecule has 0 aliphatic rings. The van der Waals surface area contributed by atoms with Gasteiger partial charge in [-0.05, 0) is 48.0 Å². The van der Waals surface area contributed by atoms with Crippen LogP contribution in [0.5, 0.6) is 11.5 Å². The normalized spacial score (nSPS) is 10.8. The third-order valence-electron chi connectivity index (χ3n) is 3.18. The largest absolute Gasteiger partial charge is 0.508 e. The number of benzene rings is 2. The number of hydrogen-bond acceptors (Lipinski definition) is 4. The minimum atomic E-state index is -0.121. The maximum atomic E-state index is 12.0. The number of methoxy groups -OCH3 is 2. The zero-order chi connectivity index (χ0) is 15.9. The van der Waals surface area contributed by atoms with Crippen molar-refractivity contribution in [3.63, 3.8) is 0 Å². The van der Waals surface area contributed by atoms with Gasteiger partial charge < -0.3 is 14.6 Å². The molecule has 0 aliphatic carbocycles. The molecule has 0 aliphatic heterocycles. The Hall–Kier alpha value is -2.59. The van der Waals surface area contributed by atoms with Gasteiger partial charge in [-0.3, -0.25) is 4.79 Å². The van der Waals surface area contributed by atoms with Crippen LogP contribution in [0.3, 0.4) is 0 Å². The Bertz CT molecular complexity index is 672. The lowest BCUT2D eigenvalue weighted by Gasteiger charge is -2.08. The number of allylic oxidation sites excluding steroid dienone is 1. The van der Waals surface area contributed by atoms with Crippen molar-refractivity contribution < 1.29 is 19.4 Å². The highest BCUT2D eigenvalue weighted by Crippen LogP contribution is 2.21. The Labute approximate surface area is 129 Å². The average molecular weight is 298 g/mol. The van der Waals surface area contributed by atoms with E-state index in [2.05, 4.69) is 0 Å². The van der Waals surface area contributed by atoms with Crippen LogP contribution >= 0.6 is 0 Å². The average Bonchev–Trinajstić information content (AvgIpc) is 2.54. The van der Waals surface area contributed by atoms with Crippen LogP contribution in [0.25, 0.3) is 6.08 Å². The van der Waals surface area contributed by atoms with Crippen molar-refractivity contribution in [1.29, 1.82) is 0 Å². The fraction of sp³-hybridized carbons (Fsp3) is 0.167. The summed E-state index contributed by atoms with van der Waals surface area (Å²) in [5.74, 6) is 0.771. The first-order chi connectivity index (χ1) is 10.6. The van der Waals surface area contributed by atoms with Crippen LogP contribution in [0.15, 0.2) is 48.5 Å². The van der Waals surface area contributed by atoms with E-state index in [1.54, 1.807) is 32.4 Å². The van der Waals surface area contributed by atoms with Crippen LogP contribution in [-0.2, 0) is 11.3 Å². The quantitative estimate of drug-likeness (QED) is 0.655. The monoisotopic (exact) mass is 298 g/mol. The number of hydrogen-bond donors (Lipinski definition) is 1. The second-order valence-electron chi connectivity index (χ2n) is 4.75. The highest BCUT2D eigenvalue weighted by atomic mass is 16.5. The minimum Gasteiger partial charge on any atom is -0.508 e. The van der Waals surface area contributed by atoms with E-state index in [4.69, 9.17) is 9.47 Å². The Morgan fingerprint density at radius 1 is 1.14 bits per heavy atom. The van der Waals surface area contributed by atoms with Crippen LogP contribution in [0.2, 0.25) is 0 Å². The van der Waals surface area contributed by atoms with Crippen molar-refractivity contribution in [3.8, 4) is 11.5 Å². The lowest BCUT2D eigenvalue weighted by Crippen LogP contribution is -1.95. The number of ketones is 1. The molecule has 4 nitrogen and oxygen atoms in total. The molecule has 0 bridgehead atoms. The summed E-state index contributed by atoms with van der Waals surface area (Å²) < 4.78 is 10.4. The molecule has 2 aromatic rings. The number of carbonyl (C=O) groups is 1. The van der Waals surface area contributed by atoms with Gasteiger partial charge in [0.15, 0.2) is 5.78 Å². The summed E-state index contributed by atoms with van der Waals surface area (Å²) in [6, 6.07) is 11.8. The molecule has 114 valence electrons. The number of carbonyl (C=O) groups excluding carboxylic acids is 1. The molecule has 4 heteroatoms. The first-order valence-corrected chi connectivity index (χ1v) is 6.81. The Kier molecular flexibility index (Phi) is 5.33. The van der Waals surface area contributed by atoms with Crippen LogP contribution in [-0.4, -0.2) is 25.1 Å². The molecule has 0 aromatic heterocycles. The zero-order valence-corrected chi connectivity index (χ0v) is 12.6. The van der Waals surface area contributed by atoms with E-state index in [-0.39, 0.29) is 11.5 Å². The molecular formula is C18H18O4. The molecule has 22 heavy (non-hydrogen) atoms. The molecule has 0 fully saturated rings. The zero-order valence-electron chi connectivity index (χ0n) is 12.6.